The molecule has 1 aromatic carbocycles. The summed E-state index contributed by atoms with van der Waals surface area (Å²) in [4.78, 5) is 28.6. The van der Waals surface area contributed by atoms with Crippen molar-refractivity contribution in [3.05, 3.63) is 48.0 Å². The van der Waals surface area contributed by atoms with Gasteiger partial charge in [-0.05, 0) is 30.7 Å². The molecule has 1 atom stereocenters. The summed E-state index contributed by atoms with van der Waals surface area (Å²) in [6.07, 6.45) is 1.45. The monoisotopic (exact) mass is 357 g/mol. The summed E-state index contributed by atoms with van der Waals surface area (Å²) in [5.74, 6) is -0.635. The van der Waals surface area contributed by atoms with Gasteiger partial charge in [-0.2, -0.15) is 0 Å². The maximum Gasteiger partial charge on any atom is 0.414 e. The second-order valence-electron chi connectivity index (χ2n) is 6.11. The molecule has 1 fully saturated rings. The van der Waals surface area contributed by atoms with E-state index in [1.807, 2.05) is 19.1 Å². The largest absolute Gasteiger partial charge is 0.442 e. The first-order valence-electron chi connectivity index (χ1n) is 8.45. The van der Waals surface area contributed by atoms with Gasteiger partial charge in [0.1, 0.15) is 11.9 Å². The van der Waals surface area contributed by atoms with E-state index >= 15 is 0 Å². The lowest BCUT2D eigenvalue weighted by Gasteiger charge is -2.14. The molecule has 0 unspecified atom stereocenters. The van der Waals surface area contributed by atoms with Gasteiger partial charge in [-0.25, -0.2) is 9.18 Å². The number of rotatable bonds is 5. The molecule has 3 rings (SSSR count). The van der Waals surface area contributed by atoms with Gasteiger partial charge in [0.05, 0.1) is 18.8 Å². The summed E-state index contributed by atoms with van der Waals surface area (Å²) in [6.45, 7) is 3.88. The molecular formula is C19H20FN3O3. The zero-order valence-electron chi connectivity index (χ0n) is 14.7. The number of nitrogens with one attached hydrogen (secondary N) is 1. The second kappa shape index (κ2) is 7.51. The van der Waals surface area contributed by atoms with E-state index in [0.29, 0.717) is 16.8 Å². The fourth-order valence-electron chi connectivity index (χ4n) is 2.80. The topological polar surface area (TPSA) is 71.5 Å². The van der Waals surface area contributed by atoms with E-state index in [0.717, 1.165) is 12.1 Å². The third-order valence-corrected chi connectivity index (χ3v) is 4.22. The third kappa shape index (κ3) is 3.82. The van der Waals surface area contributed by atoms with Gasteiger partial charge in [0.25, 0.3) is 0 Å². The van der Waals surface area contributed by atoms with E-state index in [4.69, 9.17) is 4.74 Å². The van der Waals surface area contributed by atoms with Gasteiger partial charge in [0.15, 0.2) is 0 Å². The van der Waals surface area contributed by atoms with Crippen LogP contribution in [0.25, 0.3) is 11.1 Å². The summed E-state index contributed by atoms with van der Waals surface area (Å²) < 4.78 is 19.8. The highest BCUT2D eigenvalue weighted by Crippen LogP contribution is 2.28. The molecule has 2 aromatic rings. The van der Waals surface area contributed by atoms with Crippen LogP contribution in [0.15, 0.2) is 36.5 Å². The Labute approximate surface area is 151 Å². The number of ether oxygens (including phenoxy) is 1. The van der Waals surface area contributed by atoms with E-state index in [1.54, 1.807) is 18.3 Å². The van der Waals surface area contributed by atoms with E-state index < -0.39 is 18.0 Å². The molecule has 2 heterocycles. The number of aromatic nitrogens is 1. The quantitative estimate of drug-likeness (QED) is 0.893. The first-order valence-corrected chi connectivity index (χ1v) is 8.45. The van der Waals surface area contributed by atoms with Crippen molar-refractivity contribution in [2.24, 2.45) is 0 Å². The van der Waals surface area contributed by atoms with E-state index in [-0.39, 0.29) is 19.0 Å². The molecule has 2 amide bonds. The molecule has 0 saturated carbocycles. The van der Waals surface area contributed by atoms with Crippen molar-refractivity contribution in [1.29, 1.82) is 0 Å². The lowest BCUT2D eigenvalue weighted by Crippen LogP contribution is -2.33. The number of nitrogens with zero attached hydrogens (tertiary/aromatic N) is 2. The van der Waals surface area contributed by atoms with E-state index in [2.05, 4.69) is 10.3 Å². The van der Waals surface area contributed by atoms with Crippen molar-refractivity contribution in [3.63, 3.8) is 0 Å². The van der Waals surface area contributed by atoms with Gasteiger partial charge in [-0.1, -0.05) is 13.0 Å². The number of halogens is 1. The lowest BCUT2D eigenvalue weighted by atomic mass is 10.1. The molecule has 0 spiro atoms. The Balaban J connectivity index is 1.76. The summed E-state index contributed by atoms with van der Waals surface area (Å²) in [7, 11) is 0. The van der Waals surface area contributed by atoms with Gasteiger partial charge in [-0.15, -0.1) is 0 Å². The van der Waals surface area contributed by atoms with E-state index in [1.165, 1.54) is 17.9 Å². The summed E-state index contributed by atoms with van der Waals surface area (Å²) >= 11 is 0. The van der Waals surface area contributed by atoms with Crippen LogP contribution in [-0.2, 0) is 16.0 Å². The Morgan fingerprint density at radius 3 is 2.81 bits per heavy atom. The minimum Gasteiger partial charge on any atom is -0.442 e. The van der Waals surface area contributed by atoms with Crippen molar-refractivity contribution in [2.75, 3.05) is 18.0 Å². The lowest BCUT2D eigenvalue weighted by molar-refractivity contribution is -0.119. The molecule has 26 heavy (non-hydrogen) atoms. The zero-order valence-corrected chi connectivity index (χ0v) is 14.7. The first kappa shape index (κ1) is 17.8. The number of amides is 2. The minimum atomic E-state index is -0.554. The van der Waals surface area contributed by atoms with Crippen LogP contribution in [0.5, 0.6) is 0 Å². The molecule has 136 valence electrons. The average Bonchev–Trinajstić information content (AvgIpc) is 3.01. The molecule has 1 aliphatic heterocycles. The normalized spacial score (nSPS) is 16.5. The maximum absolute atomic E-state index is 14.6. The van der Waals surface area contributed by atoms with Crippen LogP contribution in [0.3, 0.4) is 0 Å². The Morgan fingerprint density at radius 2 is 2.19 bits per heavy atom. The molecular weight excluding hydrogens is 337 g/mol. The fourth-order valence-corrected chi connectivity index (χ4v) is 2.80. The molecule has 0 aliphatic carbocycles. The number of hydrogen-bond donors (Lipinski definition) is 1. The average molecular weight is 357 g/mol. The van der Waals surface area contributed by atoms with Gasteiger partial charge in [-0.3, -0.25) is 14.7 Å². The van der Waals surface area contributed by atoms with Crippen LogP contribution in [0, 0.1) is 5.82 Å². The SMILES string of the molecule is CCc1ccc(-c2ccc(N3C[C@H](CNC(C)=O)OC3=O)cc2F)cn1. The number of anilines is 1. The van der Waals surface area contributed by atoms with Gasteiger partial charge in [0.2, 0.25) is 5.91 Å². The minimum absolute atomic E-state index is 0.197. The zero-order chi connectivity index (χ0) is 18.7. The number of carbonyl (C=O) groups excluding carboxylic acids is 2. The van der Waals surface area contributed by atoms with Crippen molar-refractivity contribution in [3.8, 4) is 11.1 Å². The Hall–Kier alpha value is -2.96. The van der Waals surface area contributed by atoms with Crippen LogP contribution < -0.4 is 10.2 Å². The van der Waals surface area contributed by atoms with Crippen molar-refractivity contribution < 1.29 is 18.7 Å². The number of carbonyl (C=O) groups is 2. The highest BCUT2D eigenvalue weighted by atomic mass is 19.1. The smallest absolute Gasteiger partial charge is 0.414 e. The molecule has 0 bridgehead atoms. The highest BCUT2D eigenvalue weighted by molar-refractivity contribution is 5.90. The standard InChI is InChI=1S/C19H20FN3O3/c1-3-14-5-4-13(9-22-14)17-7-6-15(8-18(17)20)23-11-16(26-19(23)25)10-21-12(2)24/h4-9,16H,3,10-11H2,1-2H3,(H,21,24)/t16-/m0/s1. The fraction of sp³-hybridized carbons (Fsp3) is 0.316. The number of benzene rings is 1. The third-order valence-electron chi connectivity index (χ3n) is 4.22. The number of aryl methyl sites for hydroxylation is 1. The second-order valence-corrected chi connectivity index (χ2v) is 6.11. The van der Waals surface area contributed by atoms with E-state index in [9.17, 15) is 14.0 Å². The molecule has 1 N–H and O–H groups in total. The molecule has 1 aromatic heterocycles. The predicted molar refractivity (Wildman–Crippen MR) is 95.3 cm³/mol. The Bertz CT molecular complexity index is 823. The molecule has 7 heteroatoms. The maximum atomic E-state index is 14.6. The summed E-state index contributed by atoms with van der Waals surface area (Å²) in [5, 5.41) is 2.61. The molecule has 0 radical (unpaired) electrons. The number of cyclic esters (lactones) is 1. The molecule has 1 saturated heterocycles. The van der Waals surface area contributed by atoms with Crippen LogP contribution >= 0.6 is 0 Å². The number of pyridine rings is 1. The van der Waals surface area contributed by atoms with Crippen LogP contribution in [0.1, 0.15) is 19.5 Å². The van der Waals surface area contributed by atoms with Crippen molar-refractivity contribution >= 4 is 17.7 Å². The van der Waals surface area contributed by atoms with Gasteiger partial charge in [0, 0.05) is 29.9 Å². The predicted octanol–water partition coefficient (Wildman–Crippen LogP) is 2.91. The summed E-state index contributed by atoms with van der Waals surface area (Å²) in [6, 6.07) is 8.31. The number of hydrogen-bond acceptors (Lipinski definition) is 4. The Morgan fingerprint density at radius 1 is 1.38 bits per heavy atom. The van der Waals surface area contributed by atoms with Gasteiger partial charge < -0.3 is 10.1 Å². The summed E-state index contributed by atoms with van der Waals surface area (Å²) in [5.41, 5.74) is 2.46. The Kier molecular flexibility index (Phi) is 5.16. The van der Waals surface area contributed by atoms with Crippen molar-refractivity contribution in [1.82, 2.24) is 10.3 Å². The molecule has 6 nitrogen and oxygen atoms in total. The van der Waals surface area contributed by atoms with Crippen molar-refractivity contribution in [2.45, 2.75) is 26.4 Å². The highest BCUT2D eigenvalue weighted by Gasteiger charge is 2.32. The molecule has 1 aliphatic rings. The van der Waals surface area contributed by atoms with Gasteiger partial charge >= 0.3 is 6.09 Å². The first-order chi connectivity index (χ1) is 12.5. The van der Waals surface area contributed by atoms with Crippen LogP contribution in [0.2, 0.25) is 0 Å². The van der Waals surface area contributed by atoms with Crippen LogP contribution in [-0.4, -0.2) is 36.2 Å². The van der Waals surface area contributed by atoms with Crippen LogP contribution in [0.4, 0.5) is 14.9 Å².